The van der Waals surface area contributed by atoms with Gasteiger partial charge in [0.1, 0.15) is 11.5 Å². The second-order valence-corrected chi connectivity index (χ2v) is 15.9. The summed E-state index contributed by atoms with van der Waals surface area (Å²) in [7, 11) is 0. The first kappa shape index (κ1) is 40.2. The highest BCUT2D eigenvalue weighted by Crippen LogP contribution is 2.50. The number of aromatic nitrogens is 3. The molecular weight excluding hydrogens is 809 g/mol. The van der Waals surface area contributed by atoms with Gasteiger partial charge in [-0.05, 0) is 90.8 Å². The average Bonchev–Trinajstić information content (AvgIpc) is 3.76. The molecule has 64 heavy (non-hydrogen) atoms. The molecule has 6 aromatic carbocycles. The number of aliphatic hydroxyl groups excluding tert-OH is 1. The predicted molar refractivity (Wildman–Crippen MR) is 241 cm³/mol. The van der Waals surface area contributed by atoms with Crippen LogP contribution in [0.15, 0.2) is 158 Å². The topological polar surface area (TPSA) is 151 Å². The normalized spacial score (nSPS) is 16.9. The van der Waals surface area contributed by atoms with E-state index in [1.807, 2.05) is 84.9 Å². The second-order valence-electron chi connectivity index (χ2n) is 15.9. The number of carbonyl (C=O) groups excluding carboxylic acids is 3. The average molecular weight is 851 g/mol. The first-order chi connectivity index (χ1) is 31.2. The van der Waals surface area contributed by atoms with Gasteiger partial charge in [0, 0.05) is 48.6 Å². The maximum atomic E-state index is 15.0. The lowest BCUT2D eigenvalue weighted by Gasteiger charge is -2.29. The Morgan fingerprint density at radius 2 is 1.28 bits per heavy atom. The van der Waals surface area contributed by atoms with E-state index in [2.05, 4.69) is 10.3 Å². The third-order valence-corrected chi connectivity index (χ3v) is 11.9. The summed E-state index contributed by atoms with van der Waals surface area (Å²) in [6.45, 7) is 2.33. The first-order valence-corrected chi connectivity index (χ1v) is 21.1. The van der Waals surface area contributed by atoms with E-state index >= 15 is 4.79 Å². The fraction of sp³-hybridized carbons (Fsp3) is 0.157. The molecule has 0 spiro atoms. The highest BCUT2D eigenvalue weighted by molar-refractivity contribution is 6.16. The van der Waals surface area contributed by atoms with E-state index in [1.54, 1.807) is 99.2 Å². The van der Waals surface area contributed by atoms with E-state index in [0.29, 0.717) is 98.8 Å². The van der Waals surface area contributed by atoms with Crippen molar-refractivity contribution in [3.63, 3.8) is 0 Å². The Morgan fingerprint density at radius 3 is 1.92 bits per heavy atom. The number of allylic oxidation sites excluding steroid dienone is 1. The van der Waals surface area contributed by atoms with Crippen LogP contribution < -0.4 is 24.2 Å². The summed E-state index contributed by atoms with van der Waals surface area (Å²) >= 11 is 0. The number of benzene rings is 6. The molecule has 1 aromatic heterocycles. The van der Waals surface area contributed by atoms with E-state index in [-0.39, 0.29) is 25.0 Å². The molecule has 13 heteroatoms. The van der Waals surface area contributed by atoms with Crippen molar-refractivity contribution in [1.29, 1.82) is 0 Å². The lowest BCUT2D eigenvalue weighted by atomic mass is 9.82. The third kappa shape index (κ3) is 6.96. The van der Waals surface area contributed by atoms with Gasteiger partial charge in [0.25, 0.3) is 17.7 Å². The minimum atomic E-state index is -2.05. The first-order valence-electron chi connectivity index (χ1n) is 21.1. The van der Waals surface area contributed by atoms with Gasteiger partial charge < -0.3 is 24.6 Å². The maximum Gasteiger partial charge on any atom is 0.266 e. The van der Waals surface area contributed by atoms with Gasteiger partial charge >= 0.3 is 0 Å². The highest BCUT2D eigenvalue weighted by Gasteiger charge is 2.53. The van der Waals surface area contributed by atoms with Crippen LogP contribution in [0.5, 0.6) is 23.0 Å². The minimum Gasteiger partial charge on any atom is -0.454 e. The number of anilines is 5. The van der Waals surface area contributed by atoms with Crippen LogP contribution in [0.3, 0.4) is 0 Å². The molecule has 3 amide bonds. The Morgan fingerprint density at radius 1 is 0.688 bits per heavy atom. The van der Waals surface area contributed by atoms with Gasteiger partial charge in [-0.1, -0.05) is 85.0 Å². The van der Waals surface area contributed by atoms with E-state index in [4.69, 9.17) is 9.47 Å². The van der Waals surface area contributed by atoms with Crippen molar-refractivity contribution < 1.29 is 34.1 Å². The Hall–Kier alpha value is -7.87. The molecule has 318 valence electrons. The van der Waals surface area contributed by atoms with Crippen molar-refractivity contribution in [2.75, 3.05) is 21.3 Å². The van der Waals surface area contributed by atoms with Crippen molar-refractivity contribution >= 4 is 46.2 Å². The van der Waals surface area contributed by atoms with Crippen LogP contribution in [0.1, 0.15) is 50.9 Å². The van der Waals surface area contributed by atoms with Gasteiger partial charge in [0.15, 0.2) is 17.1 Å². The monoisotopic (exact) mass is 850 g/mol. The number of nitrogens with zero attached hydrogens (tertiary/aromatic N) is 6. The van der Waals surface area contributed by atoms with Crippen LogP contribution in [0.25, 0.3) is 0 Å². The van der Waals surface area contributed by atoms with Gasteiger partial charge in [0.05, 0.1) is 40.4 Å². The molecule has 4 heterocycles. The number of hydrogen-bond donors (Lipinski definition) is 2. The van der Waals surface area contributed by atoms with Crippen LogP contribution in [0.2, 0.25) is 0 Å². The van der Waals surface area contributed by atoms with E-state index in [1.165, 1.54) is 0 Å². The number of hydrogen-bond acceptors (Lipinski definition) is 9. The molecule has 2 N–H and O–H groups in total. The van der Waals surface area contributed by atoms with Crippen molar-refractivity contribution in [1.82, 2.24) is 15.0 Å². The number of carbonyl (C=O) groups is 3. The molecule has 0 unspecified atom stereocenters. The third-order valence-electron chi connectivity index (χ3n) is 11.9. The molecule has 0 saturated carbocycles. The smallest absolute Gasteiger partial charge is 0.266 e. The van der Waals surface area contributed by atoms with Gasteiger partial charge in [0.2, 0.25) is 0 Å². The molecular formula is C51H42N6O7. The Labute approximate surface area is 368 Å². The predicted octanol–water partition coefficient (Wildman–Crippen LogP) is 9.00. The van der Waals surface area contributed by atoms with Gasteiger partial charge in [-0.2, -0.15) is 0 Å². The Kier molecular flexibility index (Phi) is 10.3. The fourth-order valence-electron chi connectivity index (χ4n) is 8.66. The molecule has 13 nitrogen and oxygen atoms in total. The minimum absolute atomic E-state index is 0.0229. The molecule has 0 fully saturated rings. The molecule has 0 saturated heterocycles. The van der Waals surface area contributed by atoms with Crippen LogP contribution in [-0.2, 0) is 29.9 Å². The SMILES string of the molecule is C[C@H](/C=C/CCn1cc(CCO)nn1)[C@@]1(O)C(=O)N(Cc2cccc(N3C(=O)c4ccccc4Oc4ccccc43)c2)c2ccc(N3C(=O)c4ccccc4Oc4ccccc43)cc21. The van der Waals surface area contributed by atoms with E-state index in [0.717, 1.165) is 0 Å². The number of ether oxygens (including phenoxy) is 2. The summed E-state index contributed by atoms with van der Waals surface area (Å²) in [5.74, 6) is -0.00594. The molecule has 2 atom stereocenters. The van der Waals surface area contributed by atoms with Crippen LogP contribution in [0, 0.1) is 5.92 Å². The van der Waals surface area contributed by atoms with E-state index < -0.39 is 17.4 Å². The lowest BCUT2D eigenvalue weighted by molar-refractivity contribution is -0.139. The summed E-state index contributed by atoms with van der Waals surface area (Å²) in [6.07, 6.45) is 6.45. The summed E-state index contributed by atoms with van der Waals surface area (Å²) in [4.78, 5) is 48.5. The number of aliphatic hydroxyl groups is 2. The fourth-order valence-corrected chi connectivity index (χ4v) is 8.66. The molecule has 7 aromatic rings. The highest BCUT2D eigenvalue weighted by atomic mass is 16.5. The molecule has 0 radical (unpaired) electrons. The number of para-hydroxylation sites is 6. The maximum absolute atomic E-state index is 15.0. The van der Waals surface area contributed by atoms with Crippen LogP contribution in [-0.4, -0.2) is 49.5 Å². The number of amides is 3. The number of aryl methyl sites for hydroxylation is 1. The van der Waals surface area contributed by atoms with Gasteiger partial charge in [-0.25, -0.2) is 0 Å². The molecule has 3 aliphatic rings. The standard InChI is InChI=1S/C51H42N6O7/c1-33(13-10-11-27-54-32-35(26-28-58)52-53-54)51(62)40-30-37(57-43-19-5-9-23-47(43)64-45-21-7-3-17-39(45)49(57)60)24-25-41(40)55(50(51)61)31-34-14-12-15-36(29-34)56-42-18-4-8-22-46(42)63-44-20-6-2-16-38(44)48(56)59/h2-10,12-25,29-30,32-33,58,62H,11,26-28,31H2,1H3/b13-10+/t33-,51+/m1/s1. The summed E-state index contributed by atoms with van der Waals surface area (Å²) in [6, 6.07) is 41.5. The summed E-state index contributed by atoms with van der Waals surface area (Å²) in [5, 5.41) is 30.5. The second kappa shape index (κ2) is 16.4. The lowest BCUT2D eigenvalue weighted by Crippen LogP contribution is -2.44. The van der Waals surface area contributed by atoms with E-state index in [9.17, 15) is 19.8 Å². The zero-order valence-corrected chi connectivity index (χ0v) is 34.7. The van der Waals surface area contributed by atoms with Crippen LogP contribution in [0.4, 0.5) is 28.4 Å². The van der Waals surface area contributed by atoms with Crippen LogP contribution >= 0.6 is 0 Å². The van der Waals surface area contributed by atoms with Crippen molar-refractivity contribution in [3.8, 4) is 23.0 Å². The molecule has 3 aliphatic heterocycles. The van der Waals surface area contributed by atoms with Gasteiger partial charge in [-0.15, -0.1) is 5.10 Å². The van der Waals surface area contributed by atoms with Crippen molar-refractivity contribution in [2.45, 2.75) is 38.5 Å². The van der Waals surface area contributed by atoms with Crippen molar-refractivity contribution in [2.24, 2.45) is 5.92 Å². The Bertz CT molecular complexity index is 3000. The largest absolute Gasteiger partial charge is 0.454 e. The molecule has 10 rings (SSSR count). The Balaban J connectivity index is 1.03. The number of rotatable bonds is 11. The van der Waals surface area contributed by atoms with Gasteiger partial charge in [-0.3, -0.25) is 28.9 Å². The molecule has 0 bridgehead atoms. The zero-order valence-electron chi connectivity index (χ0n) is 34.7. The zero-order chi connectivity index (χ0) is 44.0. The molecule has 0 aliphatic carbocycles. The quantitative estimate of drug-likeness (QED) is 0.122. The number of fused-ring (bicyclic) bond motifs is 5. The summed E-state index contributed by atoms with van der Waals surface area (Å²) < 4.78 is 14.2. The van der Waals surface area contributed by atoms with Crippen molar-refractivity contribution in [3.05, 3.63) is 186 Å². The summed E-state index contributed by atoms with van der Waals surface area (Å²) in [5.41, 5.74) is 3.00.